The Balaban J connectivity index is 2.01. The molecule has 0 saturated heterocycles. The van der Waals surface area contributed by atoms with Gasteiger partial charge in [0.2, 0.25) is 0 Å². The van der Waals surface area contributed by atoms with Crippen molar-refractivity contribution in [2.75, 3.05) is 19.6 Å². The Kier molecular flexibility index (Phi) is 3.84. The Morgan fingerprint density at radius 1 is 1.12 bits per heavy atom. The highest BCUT2D eigenvalue weighted by Gasteiger charge is 2.42. The Hall–Kier alpha value is -0.0800. The van der Waals surface area contributed by atoms with Crippen LogP contribution in [-0.2, 0) is 0 Å². The Labute approximate surface area is 107 Å². The summed E-state index contributed by atoms with van der Waals surface area (Å²) < 4.78 is 0. The van der Waals surface area contributed by atoms with Crippen LogP contribution < -0.4 is 5.73 Å². The van der Waals surface area contributed by atoms with Crippen LogP contribution in [0.4, 0.5) is 0 Å². The lowest BCUT2D eigenvalue weighted by Gasteiger charge is -2.49. The van der Waals surface area contributed by atoms with Gasteiger partial charge in [0.25, 0.3) is 0 Å². The normalized spacial score (nSPS) is 27.4. The van der Waals surface area contributed by atoms with Crippen LogP contribution in [0, 0.1) is 11.3 Å². The fourth-order valence-corrected chi connectivity index (χ4v) is 3.31. The van der Waals surface area contributed by atoms with Crippen molar-refractivity contribution in [3.8, 4) is 0 Å². The fourth-order valence-electron chi connectivity index (χ4n) is 3.31. The van der Waals surface area contributed by atoms with Crippen molar-refractivity contribution < 1.29 is 0 Å². The molecule has 17 heavy (non-hydrogen) atoms. The predicted molar refractivity (Wildman–Crippen MR) is 74.0 cm³/mol. The molecule has 2 fully saturated rings. The summed E-state index contributed by atoms with van der Waals surface area (Å²) in [5, 5.41) is 0. The Morgan fingerprint density at radius 2 is 1.71 bits per heavy atom. The zero-order valence-corrected chi connectivity index (χ0v) is 12.0. The zero-order valence-electron chi connectivity index (χ0n) is 12.0. The number of rotatable bonds is 5. The highest BCUT2D eigenvalue weighted by Crippen LogP contribution is 2.43. The smallest absolute Gasteiger partial charge is 0.0332 e. The topological polar surface area (TPSA) is 29.3 Å². The van der Waals surface area contributed by atoms with Gasteiger partial charge in [-0.05, 0) is 56.4 Å². The third-order valence-electron chi connectivity index (χ3n) is 5.14. The SMILES string of the molecule is CCN(CC1CC1)C1(CN)CCC(C)(C)CC1. The van der Waals surface area contributed by atoms with E-state index >= 15 is 0 Å². The first-order valence-corrected chi connectivity index (χ1v) is 7.46. The van der Waals surface area contributed by atoms with Crippen LogP contribution in [-0.4, -0.2) is 30.1 Å². The van der Waals surface area contributed by atoms with Crippen molar-refractivity contribution in [1.29, 1.82) is 0 Å². The van der Waals surface area contributed by atoms with Crippen LogP contribution in [0.2, 0.25) is 0 Å². The van der Waals surface area contributed by atoms with Gasteiger partial charge in [0.15, 0.2) is 0 Å². The highest BCUT2D eigenvalue weighted by atomic mass is 15.2. The van der Waals surface area contributed by atoms with E-state index in [0.29, 0.717) is 11.0 Å². The summed E-state index contributed by atoms with van der Waals surface area (Å²) in [6.07, 6.45) is 8.18. The molecule has 2 rings (SSSR count). The summed E-state index contributed by atoms with van der Waals surface area (Å²) in [6, 6.07) is 0. The molecule has 0 unspecified atom stereocenters. The van der Waals surface area contributed by atoms with Gasteiger partial charge in [-0.2, -0.15) is 0 Å². The van der Waals surface area contributed by atoms with Gasteiger partial charge in [-0.15, -0.1) is 0 Å². The summed E-state index contributed by atoms with van der Waals surface area (Å²) in [6.45, 7) is 10.4. The molecule has 0 atom stereocenters. The first kappa shape index (κ1) is 13.4. The molecule has 0 aromatic heterocycles. The van der Waals surface area contributed by atoms with Gasteiger partial charge in [-0.25, -0.2) is 0 Å². The standard InChI is InChI=1S/C15H30N2/c1-4-17(11-13-5-6-13)15(12-16)9-7-14(2,3)8-10-15/h13H,4-12,16H2,1-3H3. The molecule has 0 amide bonds. The van der Waals surface area contributed by atoms with Crippen molar-refractivity contribution in [2.45, 2.75) is 64.8 Å². The average molecular weight is 238 g/mol. The molecule has 0 radical (unpaired) electrons. The molecule has 100 valence electrons. The number of hydrogen-bond acceptors (Lipinski definition) is 2. The molecule has 2 N–H and O–H groups in total. The molecule has 0 spiro atoms. The summed E-state index contributed by atoms with van der Waals surface area (Å²) in [5.74, 6) is 0.980. The average Bonchev–Trinajstić information content (AvgIpc) is 3.11. The first-order valence-electron chi connectivity index (χ1n) is 7.46. The molecule has 0 aromatic carbocycles. The molecule has 0 bridgehead atoms. The maximum atomic E-state index is 6.16. The predicted octanol–water partition coefficient (Wildman–Crippen LogP) is 3.02. The van der Waals surface area contributed by atoms with Crippen molar-refractivity contribution >= 4 is 0 Å². The van der Waals surface area contributed by atoms with Crippen LogP contribution in [0.3, 0.4) is 0 Å². The largest absolute Gasteiger partial charge is 0.329 e. The zero-order chi connectivity index (χ0) is 12.5. The van der Waals surface area contributed by atoms with Crippen LogP contribution in [0.25, 0.3) is 0 Å². The molecule has 2 nitrogen and oxygen atoms in total. The van der Waals surface area contributed by atoms with Gasteiger partial charge in [0, 0.05) is 18.6 Å². The van der Waals surface area contributed by atoms with E-state index in [1.807, 2.05) is 0 Å². The summed E-state index contributed by atoms with van der Waals surface area (Å²) in [7, 11) is 0. The molecule has 2 saturated carbocycles. The summed E-state index contributed by atoms with van der Waals surface area (Å²) >= 11 is 0. The second-order valence-corrected chi connectivity index (χ2v) is 7.07. The third kappa shape index (κ3) is 3.03. The van der Waals surface area contributed by atoms with Crippen molar-refractivity contribution in [3.05, 3.63) is 0 Å². The van der Waals surface area contributed by atoms with Crippen LogP contribution in [0.1, 0.15) is 59.3 Å². The molecule has 0 heterocycles. The van der Waals surface area contributed by atoms with Gasteiger partial charge in [-0.3, -0.25) is 4.90 Å². The minimum atomic E-state index is 0.326. The number of likely N-dealkylation sites (N-methyl/N-ethyl adjacent to an activating group) is 1. The van der Waals surface area contributed by atoms with Crippen molar-refractivity contribution in [2.24, 2.45) is 17.1 Å². The number of nitrogens with zero attached hydrogens (tertiary/aromatic N) is 1. The lowest BCUT2D eigenvalue weighted by atomic mass is 9.68. The molecule has 0 aromatic rings. The Morgan fingerprint density at radius 3 is 2.12 bits per heavy atom. The van der Waals surface area contributed by atoms with Crippen molar-refractivity contribution in [1.82, 2.24) is 4.90 Å². The van der Waals surface area contributed by atoms with E-state index in [9.17, 15) is 0 Å². The van der Waals surface area contributed by atoms with E-state index in [-0.39, 0.29) is 0 Å². The van der Waals surface area contributed by atoms with E-state index < -0.39 is 0 Å². The van der Waals surface area contributed by atoms with Gasteiger partial charge < -0.3 is 5.73 Å². The third-order valence-corrected chi connectivity index (χ3v) is 5.14. The maximum Gasteiger partial charge on any atom is 0.0332 e. The van der Waals surface area contributed by atoms with E-state index in [1.54, 1.807) is 0 Å². The molecule has 2 aliphatic carbocycles. The molecule has 2 heteroatoms. The van der Waals surface area contributed by atoms with E-state index in [0.717, 1.165) is 12.5 Å². The molecule has 0 aliphatic heterocycles. The number of hydrogen-bond donors (Lipinski definition) is 1. The minimum absolute atomic E-state index is 0.326. The molecule has 2 aliphatic rings. The van der Waals surface area contributed by atoms with Crippen LogP contribution >= 0.6 is 0 Å². The van der Waals surface area contributed by atoms with Crippen LogP contribution in [0.5, 0.6) is 0 Å². The second kappa shape index (κ2) is 4.89. The second-order valence-electron chi connectivity index (χ2n) is 7.07. The van der Waals surface area contributed by atoms with E-state index in [1.165, 1.54) is 51.6 Å². The van der Waals surface area contributed by atoms with Gasteiger partial charge in [0.1, 0.15) is 0 Å². The summed E-state index contributed by atoms with van der Waals surface area (Å²) in [5.41, 5.74) is 7.02. The maximum absolute atomic E-state index is 6.16. The number of nitrogens with two attached hydrogens (primary N) is 1. The highest BCUT2D eigenvalue weighted by molar-refractivity contribution is 4.99. The monoisotopic (exact) mass is 238 g/mol. The van der Waals surface area contributed by atoms with Gasteiger partial charge >= 0.3 is 0 Å². The van der Waals surface area contributed by atoms with Crippen molar-refractivity contribution in [3.63, 3.8) is 0 Å². The Bertz CT molecular complexity index is 246. The van der Waals surface area contributed by atoms with Crippen LogP contribution in [0.15, 0.2) is 0 Å². The van der Waals surface area contributed by atoms with Gasteiger partial charge in [0.05, 0.1) is 0 Å². The van der Waals surface area contributed by atoms with E-state index in [2.05, 4.69) is 25.7 Å². The lowest BCUT2D eigenvalue weighted by Crippen LogP contribution is -2.57. The molecular formula is C15H30N2. The lowest BCUT2D eigenvalue weighted by molar-refractivity contribution is 0.0232. The summed E-state index contributed by atoms with van der Waals surface area (Å²) in [4.78, 5) is 2.71. The molecular weight excluding hydrogens is 208 g/mol. The quantitative estimate of drug-likeness (QED) is 0.798. The van der Waals surface area contributed by atoms with Gasteiger partial charge in [-0.1, -0.05) is 20.8 Å². The minimum Gasteiger partial charge on any atom is -0.329 e. The fraction of sp³-hybridized carbons (Fsp3) is 1.00. The first-order chi connectivity index (χ1) is 8.01. The van der Waals surface area contributed by atoms with E-state index in [4.69, 9.17) is 5.73 Å².